The van der Waals surface area contributed by atoms with E-state index in [2.05, 4.69) is 60.4 Å². The molecule has 2 aromatic carbocycles. The van der Waals surface area contributed by atoms with Gasteiger partial charge in [-0.25, -0.2) is 0 Å². The maximum atomic E-state index is 6.75. The maximum Gasteiger partial charge on any atom is 0.0810 e. The highest BCUT2D eigenvalue weighted by molar-refractivity contribution is 6.16. The van der Waals surface area contributed by atoms with Crippen LogP contribution in [0.3, 0.4) is 0 Å². The lowest BCUT2D eigenvalue weighted by Crippen LogP contribution is -2.32. The Balaban J connectivity index is 1.61. The first-order valence-corrected chi connectivity index (χ1v) is 9.55. The highest BCUT2D eigenvalue weighted by Crippen LogP contribution is 2.40. The molecule has 128 valence electrons. The minimum atomic E-state index is -0.163. The van der Waals surface area contributed by atoms with E-state index < -0.39 is 0 Å². The van der Waals surface area contributed by atoms with E-state index in [1.807, 2.05) is 24.4 Å². The molecule has 2 radical (unpaired) electrons. The fourth-order valence-electron chi connectivity index (χ4n) is 4.23. The second kappa shape index (κ2) is 7.11. The van der Waals surface area contributed by atoms with Crippen LogP contribution in [0.1, 0.15) is 38.2 Å². The summed E-state index contributed by atoms with van der Waals surface area (Å²) in [5, 5.41) is -0.163. The van der Waals surface area contributed by atoms with E-state index in [4.69, 9.17) is 7.85 Å². The van der Waals surface area contributed by atoms with Gasteiger partial charge in [0.05, 0.1) is 13.5 Å². The van der Waals surface area contributed by atoms with Crippen molar-refractivity contribution in [3.05, 3.63) is 78.5 Å². The van der Waals surface area contributed by atoms with Crippen LogP contribution >= 0.6 is 0 Å². The smallest absolute Gasteiger partial charge is 0.0810 e. The summed E-state index contributed by atoms with van der Waals surface area (Å²) >= 11 is 0. The van der Waals surface area contributed by atoms with Gasteiger partial charge in [0.1, 0.15) is 0 Å². The molecule has 1 fully saturated rings. The number of benzene rings is 2. The zero-order chi connectivity index (χ0) is 18.0. The molecular formula is C24H24BN. The molecule has 1 aliphatic carbocycles. The molecule has 0 spiro atoms. The Labute approximate surface area is 157 Å². The third-order valence-electron chi connectivity index (χ3n) is 5.66. The summed E-state index contributed by atoms with van der Waals surface area (Å²) in [6, 6.07) is 23.4. The molecule has 2 heteroatoms. The third kappa shape index (κ3) is 3.46. The standard InChI is InChI=1S/C24H24BN/c1-18-6-5-14-24(25,17-18)22-11-9-19(10-12-22)21-13-15-26-23(16-21)20-7-3-2-4-8-20/h2-4,7-13,15-16,18H,5-6,14,17H2,1H3. The van der Waals surface area contributed by atoms with Crippen molar-refractivity contribution in [2.45, 2.75) is 37.9 Å². The lowest BCUT2D eigenvalue weighted by molar-refractivity contribution is 0.310. The molecule has 2 unspecified atom stereocenters. The number of hydrogen-bond donors (Lipinski definition) is 0. The van der Waals surface area contributed by atoms with Crippen LogP contribution in [0.5, 0.6) is 0 Å². The summed E-state index contributed by atoms with van der Waals surface area (Å²) in [6.45, 7) is 2.32. The summed E-state index contributed by atoms with van der Waals surface area (Å²) in [5.41, 5.74) is 5.81. The largest absolute Gasteiger partial charge is 0.256 e. The monoisotopic (exact) mass is 337 g/mol. The Kier molecular flexibility index (Phi) is 4.67. The minimum Gasteiger partial charge on any atom is -0.256 e. The van der Waals surface area contributed by atoms with Crippen LogP contribution in [-0.2, 0) is 5.31 Å². The van der Waals surface area contributed by atoms with E-state index in [1.54, 1.807) is 0 Å². The summed E-state index contributed by atoms with van der Waals surface area (Å²) in [7, 11) is 6.75. The fraction of sp³-hybridized carbons (Fsp3) is 0.292. The summed E-state index contributed by atoms with van der Waals surface area (Å²) in [5.74, 6) is 0.710. The second-order valence-corrected chi connectivity index (χ2v) is 7.73. The van der Waals surface area contributed by atoms with Crippen molar-refractivity contribution in [2.75, 3.05) is 0 Å². The Morgan fingerprint density at radius 3 is 2.42 bits per heavy atom. The Morgan fingerprint density at radius 1 is 0.923 bits per heavy atom. The van der Waals surface area contributed by atoms with Gasteiger partial charge in [-0.3, -0.25) is 4.98 Å². The zero-order valence-corrected chi connectivity index (χ0v) is 15.4. The van der Waals surface area contributed by atoms with Crippen LogP contribution < -0.4 is 0 Å². The molecule has 0 N–H and O–H groups in total. The SMILES string of the molecule is [B]C1(c2ccc(-c3ccnc(-c4ccccc4)c3)cc2)CCCC(C)C1. The molecule has 4 rings (SSSR count). The van der Waals surface area contributed by atoms with Crippen molar-refractivity contribution in [3.8, 4) is 22.4 Å². The molecule has 1 aliphatic rings. The Bertz CT molecular complexity index is 872. The molecular weight excluding hydrogens is 313 g/mol. The van der Waals surface area contributed by atoms with Gasteiger partial charge in [0.15, 0.2) is 0 Å². The van der Waals surface area contributed by atoms with Crippen molar-refractivity contribution in [1.82, 2.24) is 4.98 Å². The number of nitrogens with zero attached hydrogens (tertiary/aromatic N) is 1. The van der Waals surface area contributed by atoms with Gasteiger partial charge in [-0.15, -0.1) is 0 Å². The van der Waals surface area contributed by atoms with Gasteiger partial charge >= 0.3 is 0 Å². The van der Waals surface area contributed by atoms with E-state index in [-0.39, 0.29) is 5.31 Å². The van der Waals surface area contributed by atoms with Gasteiger partial charge in [-0.2, -0.15) is 0 Å². The molecule has 1 saturated carbocycles. The highest BCUT2D eigenvalue weighted by Gasteiger charge is 2.31. The van der Waals surface area contributed by atoms with Gasteiger partial charge in [-0.1, -0.05) is 86.3 Å². The first-order valence-electron chi connectivity index (χ1n) is 9.55. The molecule has 1 aromatic heterocycles. The first kappa shape index (κ1) is 17.1. The minimum absolute atomic E-state index is 0.163. The predicted molar refractivity (Wildman–Crippen MR) is 110 cm³/mol. The average Bonchev–Trinajstić information content (AvgIpc) is 2.69. The van der Waals surface area contributed by atoms with Crippen molar-refractivity contribution in [1.29, 1.82) is 0 Å². The van der Waals surface area contributed by atoms with E-state index in [1.165, 1.54) is 29.5 Å². The predicted octanol–water partition coefficient (Wildman–Crippen LogP) is 5.99. The van der Waals surface area contributed by atoms with E-state index in [0.29, 0.717) is 5.92 Å². The van der Waals surface area contributed by atoms with E-state index >= 15 is 0 Å². The normalized spacial score (nSPS) is 22.9. The molecule has 0 amide bonds. The quantitative estimate of drug-likeness (QED) is 0.535. The average molecular weight is 337 g/mol. The topological polar surface area (TPSA) is 12.9 Å². The van der Waals surface area contributed by atoms with Crippen LogP contribution in [0, 0.1) is 5.92 Å². The first-order chi connectivity index (χ1) is 12.6. The number of hydrogen-bond acceptors (Lipinski definition) is 1. The van der Waals surface area contributed by atoms with Crippen LogP contribution in [0.15, 0.2) is 72.9 Å². The van der Waals surface area contributed by atoms with Crippen LogP contribution in [0.2, 0.25) is 0 Å². The fourth-order valence-corrected chi connectivity index (χ4v) is 4.23. The molecule has 0 aliphatic heterocycles. The van der Waals surface area contributed by atoms with Crippen LogP contribution in [0.25, 0.3) is 22.4 Å². The van der Waals surface area contributed by atoms with Gasteiger partial charge in [0, 0.05) is 11.8 Å². The second-order valence-electron chi connectivity index (χ2n) is 7.73. The van der Waals surface area contributed by atoms with E-state index in [9.17, 15) is 0 Å². The van der Waals surface area contributed by atoms with E-state index in [0.717, 1.165) is 24.1 Å². The van der Waals surface area contributed by atoms with Crippen LogP contribution in [-0.4, -0.2) is 12.8 Å². The number of rotatable bonds is 3. The third-order valence-corrected chi connectivity index (χ3v) is 5.66. The Morgan fingerprint density at radius 2 is 1.69 bits per heavy atom. The molecule has 2 atom stereocenters. The molecule has 26 heavy (non-hydrogen) atoms. The summed E-state index contributed by atoms with van der Waals surface area (Å²) < 4.78 is 0. The van der Waals surface area contributed by atoms with Gasteiger partial charge in [0.2, 0.25) is 0 Å². The summed E-state index contributed by atoms with van der Waals surface area (Å²) in [6.07, 6.45) is 6.59. The van der Waals surface area contributed by atoms with Crippen molar-refractivity contribution in [3.63, 3.8) is 0 Å². The lowest BCUT2D eigenvalue weighted by Gasteiger charge is -2.38. The maximum absolute atomic E-state index is 6.75. The molecule has 1 heterocycles. The van der Waals surface area contributed by atoms with Crippen LogP contribution in [0.4, 0.5) is 0 Å². The molecule has 1 nitrogen and oxygen atoms in total. The van der Waals surface area contributed by atoms with Crippen molar-refractivity contribution >= 4 is 7.85 Å². The number of aromatic nitrogens is 1. The van der Waals surface area contributed by atoms with Crippen molar-refractivity contribution in [2.24, 2.45) is 5.92 Å². The van der Waals surface area contributed by atoms with Crippen molar-refractivity contribution < 1.29 is 0 Å². The zero-order valence-electron chi connectivity index (χ0n) is 15.4. The highest BCUT2D eigenvalue weighted by atomic mass is 14.7. The Hall–Kier alpha value is -2.35. The lowest BCUT2D eigenvalue weighted by atomic mass is 9.55. The molecule has 0 bridgehead atoms. The number of pyridine rings is 1. The molecule has 0 saturated heterocycles. The van der Waals surface area contributed by atoms with Gasteiger partial charge < -0.3 is 0 Å². The van der Waals surface area contributed by atoms with Gasteiger partial charge in [0.25, 0.3) is 0 Å². The summed E-state index contributed by atoms with van der Waals surface area (Å²) in [4.78, 5) is 4.53. The molecule has 3 aromatic rings. The van der Waals surface area contributed by atoms with Gasteiger partial charge in [-0.05, 0) is 40.9 Å².